The molecule has 4 nitrogen and oxygen atoms in total. The molecule has 0 aliphatic heterocycles. The van der Waals surface area contributed by atoms with Crippen molar-refractivity contribution in [3.05, 3.63) is 47.1 Å². The van der Waals surface area contributed by atoms with E-state index in [2.05, 4.69) is 35.3 Å². The van der Waals surface area contributed by atoms with Crippen LogP contribution in [-0.4, -0.2) is 21.4 Å². The molecular formula is C14H18N2O2. The van der Waals surface area contributed by atoms with Crippen LogP contribution < -0.4 is 0 Å². The lowest BCUT2D eigenvalue weighted by molar-refractivity contribution is 0.180. The van der Waals surface area contributed by atoms with Crippen molar-refractivity contribution < 1.29 is 9.63 Å². The van der Waals surface area contributed by atoms with E-state index >= 15 is 0 Å². The fourth-order valence-corrected chi connectivity index (χ4v) is 1.80. The Labute approximate surface area is 107 Å². The van der Waals surface area contributed by atoms with Crippen LogP contribution in [0.1, 0.15) is 36.2 Å². The van der Waals surface area contributed by atoms with E-state index in [-0.39, 0.29) is 6.10 Å². The van der Waals surface area contributed by atoms with Gasteiger partial charge in [0.1, 0.15) is 0 Å². The molecule has 1 atom stereocenters. The molecule has 0 aliphatic carbocycles. The fraction of sp³-hybridized carbons (Fsp3) is 0.429. The predicted octanol–water partition coefficient (Wildman–Crippen LogP) is 2.28. The maximum absolute atomic E-state index is 9.20. The second kappa shape index (κ2) is 5.78. The quantitative estimate of drug-likeness (QED) is 0.879. The van der Waals surface area contributed by atoms with E-state index in [1.165, 1.54) is 11.1 Å². The van der Waals surface area contributed by atoms with Gasteiger partial charge in [0.25, 0.3) is 0 Å². The predicted molar refractivity (Wildman–Crippen MR) is 68.3 cm³/mol. The highest BCUT2D eigenvalue weighted by Crippen LogP contribution is 2.10. The molecule has 1 heterocycles. The highest BCUT2D eigenvalue weighted by atomic mass is 16.5. The average Bonchev–Trinajstić information content (AvgIpc) is 2.74. The van der Waals surface area contributed by atoms with Crippen molar-refractivity contribution in [2.75, 3.05) is 0 Å². The van der Waals surface area contributed by atoms with Crippen molar-refractivity contribution in [2.45, 2.75) is 39.2 Å². The molecule has 0 amide bonds. The molecule has 18 heavy (non-hydrogen) atoms. The number of benzene rings is 1. The average molecular weight is 246 g/mol. The molecule has 96 valence electrons. The highest BCUT2D eigenvalue weighted by molar-refractivity contribution is 5.24. The minimum Gasteiger partial charge on any atom is -0.393 e. The molecule has 1 N–H and O–H groups in total. The van der Waals surface area contributed by atoms with E-state index in [1.54, 1.807) is 6.92 Å². The van der Waals surface area contributed by atoms with Crippen molar-refractivity contribution in [2.24, 2.45) is 0 Å². The Morgan fingerprint density at radius 3 is 2.94 bits per heavy atom. The van der Waals surface area contributed by atoms with Gasteiger partial charge in [0.2, 0.25) is 5.89 Å². The zero-order valence-corrected chi connectivity index (χ0v) is 10.8. The van der Waals surface area contributed by atoms with Gasteiger partial charge in [-0.05, 0) is 25.8 Å². The first-order valence-corrected chi connectivity index (χ1v) is 6.18. The third-order valence-corrected chi connectivity index (χ3v) is 2.73. The Morgan fingerprint density at radius 2 is 2.22 bits per heavy atom. The van der Waals surface area contributed by atoms with Gasteiger partial charge in [-0.1, -0.05) is 35.0 Å². The maximum Gasteiger partial charge on any atom is 0.226 e. The summed E-state index contributed by atoms with van der Waals surface area (Å²) in [6.07, 6.45) is 1.61. The van der Waals surface area contributed by atoms with Gasteiger partial charge in [-0.25, -0.2) is 0 Å². The van der Waals surface area contributed by atoms with Crippen LogP contribution in [0.3, 0.4) is 0 Å². The molecule has 2 aromatic rings. The first kappa shape index (κ1) is 12.8. The summed E-state index contributed by atoms with van der Waals surface area (Å²) in [6.45, 7) is 3.82. The number of hydrogen-bond acceptors (Lipinski definition) is 4. The Morgan fingerprint density at radius 1 is 1.39 bits per heavy atom. The number of rotatable bonds is 5. The highest BCUT2D eigenvalue weighted by Gasteiger charge is 2.08. The monoisotopic (exact) mass is 246 g/mol. The van der Waals surface area contributed by atoms with Crippen LogP contribution in [0.4, 0.5) is 0 Å². The van der Waals surface area contributed by atoms with Gasteiger partial charge in [0.15, 0.2) is 5.82 Å². The Kier molecular flexibility index (Phi) is 4.10. The van der Waals surface area contributed by atoms with Crippen molar-refractivity contribution in [1.29, 1.82) is 0 Å². The van der Waals surface area contributed by atoms with Gasteiger partial charge in [0, 0.05) is 12.8 Å². The summed E-state index contributed by atoms with van der Waals surface area (Å²) >= 11 is 0. The van der Waals surface area contributed by atoms with E-state index in [0.717, 1.165) is 0 Å². The lowest BCUT2D eigenvalue weighted by Crippen LogP contribution is -2.01. The number of aliphatic hydroxyl groups excluding tert-OH is 1. The molecule has 0 aliphatic rings. The first-order valence-electron chi connectivity index (χ1n) is 6.18. The van der Waals surface area contributed by atoms with E-state index < -0.39 is 0 Å². The first-order chi connectivity index (χ1) is 8.63. The van der Waals surface area contributed by atoms with Crippen LogP contribution in [0.2, 0.25) is 0 Å². The van der Waals surface area contributed by atoms with Crippen LogP contribution in [0.5, 0.6) is 0 Å². The van der Waals surface area contributed by atoms with Gasteiger partial charge >= 0.3 is 0 Å². The summed E-state index contributed by atoms with van der Waals surface area (Å²) in [5.41, 5.74) is 2.41. The number of aliphatic hydroxyl groups is 1. The Balaban J connectivity index is 1.98. The zero-order valence-electron chi connectivity index (χ0n) is 10.8. The van der Waals surface area contributed by atoms with E-state index in [0.29, 0.717) is 31.0 Å². The second-order valence-corrected chi connectivity index (χ2v) is 4.66. The summed E-state index contributed by atoms with van der Waals surface area (Å²) in [4.78, 5) is 4.32. The van der Waals surface area contributed by atoms with Crippen molar-refractivity contribution in [3.63, 3.8) is 0 Å². The van der Waals surface area contributed by atoms with E-state index in [9.17, 15) is 5.11 Å². The number of aryl methyl sites for hydroxylation is 2. The van der Waals surface area contributed by atoms with Crippen molar-refractivity contribution >= 4 is 0 Å². The summed E-state index contributed by atoms with van der Waals surface area (Å²) in [5, 5.41) is 13.1. The molecule has 0 saturated carbocycles. The fourth-order valence-electron chi connectivity index (χ4n) is 1.80. The van der Waals surface area contributed by atoms with Crippen LogP contribution in [0, 0.1) is 6.92 Å². The standard InChI is InChI=1S/C14H18N2O2/c1-10-4-3-5-12(8-10)9-13-15-14(18-16-13)7-6-11(2)17/h3-5,8,11,17H,6-7,9H2,1-2H3. The normalized spacial score (nSPS) is 12.6. The largest absolute Gasteiger partial charge is 0.393 e. The lowest BCUT2D eigenvalue weighted by atomic mass is 10.1. The van der Waals surface area contributed by atoms with Gasteiger partial charge < -0.3 is 9.63 Å². The Bertz CT molecular complexity index is 506. The molecule has 0 saturated heterocycles. The van der Waals surface area contributed by atoms with Gasteiger partial charge in [-0.15, -0.1) is 0 Å². The molecule has 2 rings (SSSR count). The van der Waals surface area contributed by atoms with Crippen LogP contribution in [0.15, 0.2) is 28.8 Å². The minimum atomic E-state index is -0.336. The summed E-state index contributed by atoms with van der Waals surface area (Å²) in [5.74, 6) is 1.29. The SMILES string of the molecule is Cc1cccc(Cc2noc(CCC(C)O)n2)c1. The zero-order chi connectivity index (χ0) is 13.0. The molecule has 0 spiro atoms. The number of hydrogen-bond donors (Lipinski definition) is 1. The molecule has 0 radical (unpaired) electrons. The summed E-state index contributed by atoms with van der Waals surface area (Å²) in [6, 6.07) is 8.26. The smallest absolute Gasteiger partial charge is 0.226 e. The summed E-state index contributed by atoms with van der Waals surface area (Å²) in [7, 11) is 0. The van der Waals surface area contributed by atoms with Crippen LogP contribution in [0.25, 0.3) is 0 Å². The van der Waals surface area contributed by atoms with E-state index in [4.69, 9.17) is 4.52 Å². The third kappa shape index (κ3) is 3.67. The third-order valence-electron chi connectivity index (χ3n) is 2.73. The second-order valence-electron chi connectivity index (χ2n) is 4.66. The minimum absolute atomic E-state index is 0.336. The number of nitrogens with zero attached hydrogens (tertiary/aromatic N) is 2. The van der Waals surface area contributed by atoms with Crippen molar-refractivity contribution in [3.8, 4) is 0 Å². The van der Waals surface area contributed by atoms with Crippen LogP contribution in [-0.2, 0) is 12.8 Å². The van der Waals surface area contributed by atoms with Crippen LogP contribution >= 0.6 is 0 Å². The van der Waals surface area contributed by atoms with Gasteiger partial charge in [-0.2, -0.15) is 4.98 Å². The lowest BCUT2D eigenvalue weighted by Gasteiger charge is -1.99. The molecular weight excluding hydrogens is 228 g/mol. The summed E-state index contributed by atoms with van der Waals surface area (Å²) < 4.78 is 5.15. The maximum atomic E-state index is 9.20. The molecule has 1 aromatic heterocycles. The van der Waals surface area contributed by atoms with Gasteiger partial charge in [0.05, 0.1) is 6.10 Å². The Hall–Kier alpha value is -1.68. The molecule has 0 fully saturated rings. The molecule has 4 heteroatoms. The topological polar surface area (TPSA) is 59.2 Å². The molecule has 1 unspecified atom stereocenters. The van der Waals surface area contributed by atoms with Gasteiger partial charge in [-0.3, -0.25) is 0 Å². The van der Waals surface area contributed by atoms with E-state index in [1.807, 2.05) is 6.07 Å². The number of aromatic nitrogens is 2. The molecule has 1 aromatic carbocycles. The molecule has 0 bridgehead atoms. The van der Waals surface area contributed by atoms with Crippen molar-refractivity contribution in [1.82, 2.24) is 10.1 Å².